The number of halogens is 1. The van der Waals surface area contributed by atoms with Gasteiger partial charge in [-0.1, -0.05) is 6.07 Å². The largest absolute Gasteiger partial charge is 0.447 e. The Balaban J connectivity index is 1.78. The molecule has 0 unspecified atom stereocenters. The van der Waals surface area contributed by atoms with E-state index in [9.17, 15) is 14.0 Å². The molecule has 0 saturated carbocycles. The number of amides is 2. The number of hydrogen-bond acceptors (Lipinski definition) is 4. The number of carbonyl (C=O) groups excluding carboxylic acids is 2. The monoisotopic (exact) mass is 352 g/mol. The van der Waals surface area contributed by atoms with Crippen molar-refractivity contribution in [1.82, 2.24) is 5.32 Å². The van der Waals surface area contributed by atoms with Gasteiger partial charge < -0.3 is 10.1 Å². The second kappa shape index (κ2) is 7.42. The maximum Gasteiger partial charge on any atom is 0.414 e. The summed E-state index contributed by atoms with van der Waals surface area (Å²) in [6.45, 7) is 1.88. The molecule has 2 aliphatic rings. The van der Waals surface area contributed by atoms with E-state index in [1.807, 2.05) is 11.8 Å². The van der Waals surface area contributed by atoms with Gasteiger partial charge in [-0.2, -0.15) is 11.8 Å². The third-order valence-corrected chi connectivity index (χ3v) is 5.52. The third kappa shape index (κ3) is 3.66. The highest BCUT2D eigenvalue weighted by molar-refractivity contribution is 7.99. The number of nitrogens with one attached hydrogen (secondary N) is 1. The number of hydrogen-bond donors (Lipinski definition) is 1. The zero-order valence-corrected chi connectivity index (χ0v) is 14.4. The fraction of sp³-hybridized carbons (Fsp3) is 0.529. The summed E-state index contributed by atoms with van der Waals surface area (Å²) >= 11 is 1.90. The number of anilines is 1. The molecule has 7 heteroatoms. The third-order valence-electron chi connectivity index (χ3n) is 4.47. The van der Waals surface area contributed by atoms with Crippen LogP contribution in [0.3, 0.4) is 0 Å². The Hall–Kier alpha value is -1.76. The molecule has 130 valence electrons. The topological polar surface area (TPSA) is 58.6 Å². The van der Waals surface area contributed by atoms with E-state index in [4.69, 9.17) is 4.74 Å². The molecular weight excluding hydrogens is 331 g/mol. The quantitative estimate of drug-likeness (QED) is 0.905. The van der Waals surface area contributed by atoms with Gasteiger partial charge in [-0.05, 0) is 48.0 Å². The summed E-state index contributed by atoms with van der Waals surface area (Å²) in [5.74, 6) is 1.92. The van der Waals surface area contributed by atoms with E-state index in [1.165, 1.54) is 17.9 Å². The molecule has 1 aromatic rings. The summed E-state index contributed by atoms with van der Waals surface area (Å²) < 4.78 is 19.7. The Bertz CT molecular complexity index is 634. The number of rotatable bonds is 4. The van der Waals surface area contributed by atoms with Crippen LogP contribution in [0.5, 0.6) is 0 Å². The van der Waals surface area contributed by atoms with E-state index in [2.05, 4.69) is 5.32 Å². The van der Waals surface area contributed by atoms with Crippen LogP contribution < -0.4 is 10.2 Å². The van der Waals surface area contributed by atoms with Gasteiger partial charge in [0.25, 0.3) is 0 Å². The summed E-state index contributed by atoms with van der Waals surface area (Å²) in [4.78, 5) is 24.5. The molecule has 2 amide bonds. The number of carbonyl (C=O) groups is 2. The molecule has 3 rings (SSSR count). The van der Waals surface area contributed by atoms with Gasteiger partial charge in [-0.15, -0.1) is 0 Å². The van der Waals surface area contributed by atoms with Crippen molar-refractivity contribution in [3.63, 3.8) is 0 Å². The van der Waals surface area contributed by atoms with Gasteiger partial charge in [0.2, 0.25) is 5.91 Å². The number of thioether (sulfide) groups is 1. The van der Waals surface area contributed by atoms with E-state index in [1.54, 1.807) is 12.1 Å². The van der Waals surface area contributed by atoms with Crippen molar-refractivity contribution in [2.45, 2.75) is 31.7 Å². The Morgan fingerprint density at radius 3 is 2.83 bits per heavy atom. The van der Waals surface area contributed by atoms with Crippen molar-refractivity contribution >= 4 is 29.4 Å². The van der Waals surface area contributed by atoms with Crippen molar-refractivity contribution in [3.05, 3.63) is 29.6 Å². The summed E-state index contributed by atoms with van der Waals surface area (Å²) in [5.41, 5.74) is 1.20. The predicted molar refractivity (Wildman–Crippen MR) is 92.0 cm³/mol. The minimum absolute atomic E-state index is 0.175. The molecule has 0 aromatic heterocycles. The van der Waals surface area contributed by atoms with Crippen molar-refractivity contribution in [2.24, 2.45) is 0 Å². The summed E-state index contributed by atoms with van der Waals surface area (Å²) in [6.07, 6.45) is 1.46. The Morgan fingerprint density at radius 2 is 2.17 bits per heavy atom. The molecule has 2 heterocycles. The van der Waals surface area contributed by atoms with Crippen molar-refractivity contribution in [1.29, 1.82) is 0 Å². The average Bonchev–Trinajstić information content (AvgIpc) is 2.94. The van der Waals surface area contributed by atoms with Gasteiger partial charge in [-0.3, -0.25) is 9.69 Å². The van der Waals surface area contributed by atoms with Crippen LogP contribution in [0.15, 0.2) is 18.2 Å². The normalized spacial score (nSPS) is 21.7. The molecule has 0 radical (unpaired) electrons. The lowest BCUT2D eigenvalue weighted by atomic mass is 9.93. The minimum Gasteiger partial charge on any atom is -0.447 e. The standard InChI is InChI=1S/C17H21FN2O3S/c1-11(21)19-9-14-10-23-17(22)20(14)13-2-3-15(16(18)8-13)12-4-6-24-7-5-12/h2-3,8,12,14H,4-7,9-10H2,1H3,(H,19,21)/t14-/m0/s1. The molecule has 1 aromatic carbocycles. The zero-order valence-electron chi connectivity index (χ0n) is 13.6. The van der Waals surface area contributed by atoms with E-state index >= 15 is 0 Å². The fourth-order valence-corrected chi connectivity index (χ4v) is 4.30. The van der Waals surface area contributed by atoms with E-state index in [0.29, 0.717) is 5.69 Å². The number of cyclic esters (lactones) is 1. The first-order valence-electron chi connectivity index (χ1n) is 8.14. The van der Waals surface area contributed by atoms with Crippen LogP contribution in [0, 0.1) is 5.82 Å². The van der Waals surface area contributed by atoms with Crippen LogP contribution >= 0.6 is 11.8 Å². The maximum absolute atomic E-state index is 14.6. The second-order valence-electron chi connectivity index (χ2n) is 6.13. The highest BCUT2D eigenvalue weighted by atomic mass is 32.2. The van der Waals surface area contributed by atoms with Crippen molar-refractivity contribution < 1.29 is 18.7 Å². The van der Waals surface area contributed by atoms with Gasteiger partial charge in [0.05, 0.1) is 11.7 Å². The fourth-order valence-electron chi connectivity index (χ4n) is 3.19. The minimum atomic E-state index is -0.508. The van der Waals surface area contributed by atoms with Crippen molar-refractivity contribution in [2.75, 3.05) is 29.6 Å². The van der Waals surface area contributed by atoms with E-state index in [-0.39, 0.29) is 36.8 Å². The molecule has 1 atom stereocenters. The summed E-state index contributed by atoms with van der Waals surface area (Å²) in [7, 11) is 0. The SMILES string of the molecule is CC(=O)NC[C@H]1COC(=O)N1c1ccc(C2CCSCC2)c(F)c1. The lowest BCUT2D eigenvalue weighted by molar-refractivity contribution is -0.119. The Morgan fingerprint density at radius 1 is 1.42 bits per heavy atom. The molecule has 0 aliphatic carbocycles. The lowest BCUT2D eigenvalue weighted by Gasteiger charge is -2.25. The summed E-state index contributed by atoms with van der Waals surface area (Å²) in [5, 5.41) is 2.68. The smallest absolute Gasteiger partial charge is 0.414 e. The van der Waals surface area contributed by atoms with Crippen LogP contribution in [0.25, 0.3) is 0 Å². The van der Waals surface area contributed by atoms with Gasteiger partial charge in [0, 0.05) is 13.5 Å². The first-order valence-corrected chi connectivity index (χ1v) is 9.29. The Kier molecular flexibility index (Phi) is 5.28. The predicted octanol–water partition coefficient (Wildman–Crippen LogP) is 2.90. The Labute approximate surface area is 144 Å². The van der Waals surface area contributed by atoms with E-state index in [0.717, 1.165) is 29.9 Å². The second-order valence-corrected chi connectivity index (χ2v) is 7.36. The molecule has 1 N–H and O–H groups in total. The van der Waals surface area contributed by atoms with Gasteiger partial charge in [0.15, 0.2) is 0 Å². The molecule has 0 spiro atoms. The number of nitrogens with zero attached hydrogens (tertiary/aromatic N) is 1. The first-order chi connectivity index (χ1) is 11.6. The van der Waals surface area contributed by atoms with Crippen LogP contribution in [-0.4, -0.2) is 42.7 Å². The van der Waals surface area contributed by atoms with Gasteiger partial charge in [-0.25, -0.2) is 9.18 Å². The molecule has 0 bridgehead atoms. The van der Waals surface area contributed by atoms with Crippen LogP contribution in [0.4, 0.5) is 14.9 Å². The number of ether oxygens (including phenoxy) is 1. The average molecular weight is 352 g/mol. The number of benzene rings is 1. The maximum atomic E-state index is 14.6. The van der Waals surface area contributed by atoms with Gasteiger partial charge >= 0.3 is 6.09 Å². The van der Waals surface area contributed by atoms with Crippen LogP contribution in [0.1, 0.15) is 31.2 Å². The molecular formula is C17H21FN2O3S. The highest BCUT2D eigenvalue weighted by Gasteiger charge is 2.34. The van der Waals surface area contributed by atoms with Crippen LogP contribution in [0.2, 0.25) is 0 Å². The van der Waals surface area contributed by atoms with E-state index < -0.39 is 6.09 Å². The zero-order chi connectivity index (χ0) is 17.1. The van der Waals surface area contributed by atoms with Gasteiger partial charge in [0.1, 0.15) is 12.4 Å². The van der Waals surface area contributed by atoms with Crippen LogP contribution in [-0.2, 0) is 9.53 Å². The summed E-state index contributed by atoms with van der Waals surface area (Å²) in [6, 6.07) is 4.64. The lowest BCUT2D eigenvalue weighted by Crippen LogP contribution is -2.42. The first kappa shape index (κ1) is 17.1. The molecule has 24 heavy (non-hydrogen) atoms. The molecule has 5 nitrogen and oxygen atoms in total. The molecule has 2 saturated heterocycles. The molecule has 2 fully saturated rings. The highest BCUT2D eigenvalue weighted by Crippen LogP contribution is 2.35. The molecule has 2 aliphatic heterocycles. The van der Waals surface area contributed by atoms with Crippen molar-refractivity contribution in [3.8, 4) is 0 Å².